The van der Waals surface area contributed by atoms with E-state index in [1.807, 2.05) is 6.92 Å². The molecule has 0 saturated carbocycles. The Labute approximate surface area is 128 Å². The molecule has 0 aliphatic carbocycles. The Hall–Kier alpha value is -0.820. The van der Waals surface area contributed by atoms with Crippen LogP contribution in [0.25, 0.3) is 0 Å². The quantitative estimate of drug-likeness (QED) is 0.612. The van der Waals surface area contributed by atoms with Gasteiger partial charge in [-0.1, -0.05) is 36.5 Å². The molecule has 1 aromatic carbocycles. The molecule has 0 saturated heterocycles. The summed E-state index contributed by atoms with van der Waals surface area (Å²) in [7, 11) is -3.87. The second-order valence-corrected chi connectivity index (χ2v) is 6.55. The molecule has 1 aromatic rings. The van der Waals surface area contributed by atoms with Gasteiger partial charge in [-0.2, -0.15) is 4.72 Å². The maximum absolute atomic E-state index is 12.0. The molecule has 5 nitrogen and oxygen atoms in total. The van der Waals surface area contributed by atoms with Crippen molar-refractivity contribution < 1.29 is 17.9 Å². The Bertz CT molecular complexity index is 575. The summed E-state index contributed by atoms with van der Waals surface area (Å²) >= 11 is 11.5. The molecule has 0 spiro atoms. The summed E-state index contributed by atoms with van der Waals surface area (Å²) in [5, 5.41) is 0.317. The molecule has 0 amide bonds. The first-order valence-electron chi connectivity index (χ1n) is 5.97. The monoisotopic (exact) mass is 339 g/mol. The number of nitrogens with one attached hydrogen (secondary N) is 1. The molecule has 0 heterocycles. The molecule has 0 aliphatic heterocycles. The number of unbranched alkanes of at least 4 members (excludes halogenated alkanes) is 1. The minimum atomic E-state index is -3.87. The lowest BCUT2D eigenvalue weighted by Crippen LogP contribution is -2.31. The van der Waals surface area contributed by atoms with Crippen LogP contribution in [-0.4, -0.2) is 27.5 Å². The molecule has 0 aliphatic rings. The fourth-order valence-corrected chi connectivity index (χ4v) is 3.05. The minimum absolute atomic E-state index is 0.00986. The maximum atomic E-state index is 12.0. The van der Waals surface area contributed by atoms with Crippen molar-refractivity contribution >= 4 is 39.2 Å². The van der Waals surface area contributed by atoms with Crippen molar-refractivity contribution in [1.29, 1.82) is 0 Å². The normalized spacial score (nSPS) is 11.3. The second-order valence-electron chi connectivity index (χ2n) is 3.97. The van der Waals surface area contributed by atoms with Crippen LogP contribution in [0.3, 0.4) is 0 Å². The van der Waals surface area contributed by atoms with Crippen LogP contribution in [0.5, 0.6) is 0 Å². The Morgan fingerprint density at radius 3 is 2.65 bits per heavy atom. The fourth-order valence-electron chi connectivity index (χ4n) is 1.31. The highest BCUT2D eigenvalue weighted by Gasteiger charge is 2.19. The largest absolute Gasteiger partial charge is 0.465 e. The highest BCUT2D eigenvalue weighted by molar-refractivity contribution is 7.89. The Morgan fingerprint density at radius 2 is 2.05 bits per heavy atom. The molecular formula is C12H15Cl2NO4S. The first-order valence-corrected chi connectivity index (χ1v) is 8.21. The van der Waals surface area contributed by atoms with E-state index in [2.05, 4.69) is 4.72 Å². The van der Waals surface area contributed by atoms with Gasteiger partial charge in [-0.05, 0) is 24.6 Å². The number of hydrogen-bond donors (Lipinski definition) is 1. The molecule has 0 aromatic heterocycles. The Kier molecular flexibility index (Phi) is 6.75. The number of rotatable bonds is 7. The average Bonchev–Trinajstić information content (AvgIpc) is 2.36. The molecule has 0 unspecified atom stereocenters. The van der Waals surface area contributed by atoms with E-state index in [9.17, 15) is 13.2 Å². The van der Waals surface area contributed by atoms with Gasteiger partial charge in [0.2, 0.25) is 10.0 Å². The van der Waals surface area contributed by atoms with Gasteiger partial charge in [0.05, 0.1) is 11.6 Å². The van der Waals surface area contributed by atoms with Gasteiger partial charge < -0.3 is 4.74 Å². The third-order valence-corrected chi connectivity index (χ3v) is 4.47. The average molecular weight is 340 g/mol. The number of benzene rings is 1. The summed E-state index contributed by atoms with van der Waals surface area (Å²) < 4.78 is 30.9. The Balaban J connectivity index is 2.64. The second kappa shape index (κ2) is 7.83. The van der Waals surface area contributed by atoms with Crippen LogP contribution in [0.4, 0.5) is 0 Å². The molecule has 112 valence electrons. The predicted molar refractivity (Wildman–Crippen MR) is 77.5 cm³/mol. The summed E-state index contributed by atoms with van der Waals surface area (Å²) in [5.41, 5.74) is 0. The van der Waals surface area contributed by atoms with Crippen LogP contribution < -0.4 is 4.72 Å². The molecule has 20 heavy (non-hydrogen) atoms. The van der Waals surface area contributed by atoms with Gasteiger partial charge in [0.15, 0.2) is 0 Å². The highest BCUT2D eigenvalue weighted by atomic mass is 35.5. The zero-order valence-electron chi connectivity index (χ0n) is 10.9. The number of sulfonamides is 1. The van der Waals surface area contributed by atoms with E-state index in [1.165, 1.54) is 18.2 Å². The zero-order chi connectivity index (χ0) is 15.2. The zero-order valence-corrected chi connectivity index (χ0v) is 13.2. The third kappa shape index (κ3) is 5.28. The number of ether oxygens (including phenoxy) is 1. The summed E-state index contributed by atoms with van der Waals surface area (Å²) in [5.74, 6) is -0.632. The van der Waals surface area contributed by atoms with Gasteiger partial charge in [0.1, 0.15) is 11.4 Å². The maximum Gasteiger partial charge on any atom is 0.321 e. The van der Waals surface area contributed by atoms with Gasteiger partial charge in [0, 0.05) is 5.02 Å². The van der Waals surface area contributed by atoms with Crippen molar-refractivity contribution in [2.45, 2.75) is 24.7 Å². The van der Waals surface area contributed by atoms with E-state index in [1.54, 1.807) is 0 Å². The molecule has 0 radical (unpaired) electrons. The number of hydrogen-bond acceptors (Lipinski definition) is 4. The molecule has 1 N–H and O–H groups in total. The fraction of sp³-hybridized carbons (Fsp3) is 0.417. The number of esters is 1. The number of halogens is 2. The lowest BCUT2D eigenvalue weighted by molar-refractivity contribution is -0.142. The van der Waals surface area contributed by atoms with Crippen molar-refractivity contribution in [3.05, 3.63) is 28.2 Å². The predicted octanol–water partition coefficient (Wildman–Crippen LogP) is 2.62. The van der Waals surface area contributed by atoms with Crippen molar-refractivity contribution in [3.63, 3.8) is 0 Å². The van der Waals surface area contributed by atoms with Crippen LogP contribution in [-0.2, 0) is 19.6 Å². The summed E-state index contributed by atoms with van der Waals surface area (Å²) in [6.07, 6.45) is 1.63. The van der Waals surface area contributed by atoms with Crippen LogP contribution in [0.2, 0.25) is 10.0 Å². The van der Waals surface area contributed by atoms with E-state index in [0.717, 1.165) is 12.8 Å². The Morgan fingerprint density at radius 1 is 1.35 bits per heavy atom. The van der Waals surface area contributed by atoms with Gasteiger partial charge in [0.25, 0.3) is 0 Å². The van der Waals surface area contributed by atoms with Gasteiger partial charge in [-0.15, -0.1) is 0 Å². The topological polar surface area (TPSA) is 72.5 Å². The number of carbonyl (C=O) groups is 1. The standard InChI is InChI=1S/C12H15Cl2NO4S/c1-2-3-6-19-12(16)8-15-20(17,18)11-5-4-9(13)7-10(11)14/h4-5,7,15H,2-3,6,8H2,1H3. The molecule has 0 bridgehead atoms. The molecule has 0 atom stereocenters. The van der Waals surface area contributed by atoms with Crippen molar-refractivity contribution in [2.24, 2.45) is 0 Å². The SMILES string of the molecule is CCCCOC(=O)CNS(=O)(=O)c1ccc(Cl)cc1Cl. The molecule has 1 rings (SSSR count). The van der Waals surface area contributed by atoms with E-state index in [0.29, 0.717) is 5.02 Å². The summed E-state index contributed by atoms with van der Waals surface area (Å²) in [6.45, 7) is 1.79. The van der Waals surface area contributed by atoms with Crippen molar-refractivity contribution in [2.75, 3.05) is 13.2 Å². The van der Waals surface area contributed by atoms with Crippen LogP contribution in [0.15, 0.2) is 23.1 Å². The van der Waals surface area contributed by atoms with E-state index < -0.39 is 22.5 Å². The van der Waals surface area contributed by atoms with Gasteiger partial charge in [-0.3, -0.25) is 4.79 Å². The number of carbonyl (C=O) groups excluding carboxylic acids is 1. The molecule has 0 fully saturated rings. The van der Waals surface area contributed by atoms with Gasteiger partial charge >= 0.3 is 5.97 Å². The van der Waals surface area contributed by atoms with Gasteiger partial charge in [-0.25, -0.2) is 8.42 Å². The smallest absolute Gasteiger partial charge is 0.321 e. The summed E-state index contributed by atoms with van der Waals surface area (Å²) in [6, 6.07) is 3.99. The molecule has 8 heteroatoms. The van der Waals surface area contributed by atoms with E-state index >= 15 is 0 Å². The highest BCUT2D eigenvalue weighted by Crippen LogP contribution is 2.24. The first kappa shape index (κ1) is 17.2. The van der Waals surface area contributed by atoms with E-state index in [4.69, 9.17) is 27.9 Å². The lowest BCUT2D eigenvalue weighted by Gasteiger charge is -2.08. The van der Waals surface area contributed by atoms with Crippen molar-refractivity contribution in [3.8, 4) is 0 Å². The minimum Gasteiger partial charge on any atom is -0.465 e. The van der Waals surface area contributed by atoms with Crippen LogP contribution in [0.1, 0.15) is 19.8 Å². The van der Waals surface area contributed by atoms with Crippen LogP contribution >= 0.6 is 23.2 Å². The van der Waals surface area contributed by atoms with E-state index in [-0.39, 0.29) is 16.5 Å². The lowest BCUT2D eigenvalue weighted by atomic mass is 10.4. The first-order chi connectivity index (χ1) is 9.36. The van der Waals surface area contributed by atoms with Crippen molar-refractivity contribution in [1.82, 2.24) is 4.72 Å². The molecular weight excluding hydrogens is 325 g/mol. The third-order valence-electron chi connectivity index (χ3n) is 2.35. The van der Waals surface area contributed by atoms with Crippen LogP contribution in [0, 0.1) is 0 Å². The summed E-state index contributed by atoms with van der Waals surface area (Å²) in [4.78, 5) is 11.2.